The lowest BCUT2D eigenvalue weighted by atomic mass is 10.2. The molecule has 0 bridgehead atoms. The lowest BCUT2D eigenvalue weighted by Gasteiger charge is -1.97. The van der Waals surface area contributed by atoms with E-state index in [2.05, 4.69) is 15.1 Å². The molecule has 0 aliphatic heterocycles. The monoisotopic (exact) mass is 204 g/mol. The molecule has 0 spiro atoms. The summed E-state index contributed by atoms with van der Waals surface area (Å²) >= 11 is 0. The molecule has 0 saturated carbocycles. The van der Waals surface area contributed by atoms with Gasteiger partial charge in [-0.2, -0.15) is 5.10 Å². The van der Waals surface area contributed by atoms with Crippen LogP contribution in [0, 0.1) is 0 Å². The van der Waals surface area contributed by atoms with Gasteiger partial charge >= 0.3 is 0 Å². The van der Waals surface area contributed by atoms with Gasteiger partial charge in [0, 0.05) is 25.1 Å². The fourth-order valence-electron chi connectivity index (χ4n) is 1.32. The van der Waals surface area contributed by atoms with Gasteiger partial charge in [-0.3, -0.25) is 0 Å². The van der Waals surface area contributed by atoms with E-state index in [1.807, 2.05) is 6.20 Å². The molecule has 1 N–H and O–H groups in total. The lowest BCUT2D eigenvalue weighted by molar-refractivity contribution is 0.288. The van der Waals surface area contributed by atoms with Crippen LogP contribution >= 0.6 is 0 Å². The van der Waals surface area contributed by atoms with Gasteiger partial charge in [-0.1, -0.05) is 0 Å². The first-order valence-corrected chi connectivity index (χ1v) is 4.81. The highest BCUT2D eigenvalue weighted by Crippen LogP contribution is 2.05. The summed E-state index contributed by atoms with van der Waals surface area (Å²) in [5.41, 5.74) is 1.10. The van der Waals surface area contributed by atoms with Crippen LogP contribution in [-0.2, 0) is 6.42 Å². The molecule has 0 radical (unpaired) electrons. The third kappa shape index (κ3) is 2.38. The standard InChI is InChI=1S/C10H12N4O/c15-5-1-2-9-6-13-14(7-9)10-3-4-11-8-12-10/h3-4,6-8,15H,1-2,5H2. The van der Waals surface area contributed by atoms with Gasteiger partial charge in [0.2, 0.25) is 0 Å². The molecule has 2 aromatic heterocycles. The topological polar surface area (TPSA) is 63.8 Å². The minimum absolute atomic E-state index is 0.207. The number of rotatable bonds is 4. The van der Waals surface area contributed by atoms with Gasteiger partial charge in [0.15, 0.2) is 5.82 Å². The highest BCUT2D eigenvalue weighted by atomic mass is 16.2. The van der Waals surface area contributed by atoms with Crippen molar-refractivity contribution in [3.63, 3.8) is 0 Å². The molecule has 15 heavy (non-hydrogen) atoms. The van der Waals surface area contributed by atoms with E-state index in [0.29, 0.717) is 0 Å². The summed E-state index contributed by atoms with van der Waals surface area (Å²) in [6.07, 6.45) is 8.47. The van der Waals surface area contributed by atoms with Crippen LogP contribution in [0.1, 0.15) is 12.0 Å². The summed E-state index contributed by atoms with van der Waals surface area (Å²) < 4.78 is 1.70. The summed E-state index contributed by atoms with van der Waals surface area (Å²) in [6, 6.07) is 1.79. The Morgan fingerprint density at radius 2 is 2.33 bits per heavy atom. The molecule has 0 aromatic carbocycles. The van der Waals surface area contributed by atoms with Crippen LogP contribution in [0.25, 0.3) is 5.82 Å². The van der Waals surface area contributed by atoms with Crippen molar-refractivity contribution < 1.29 is 5.11 Å². The molecule has 2 rings (SSSR count). The van der Waals surface area contributed by atoms with Gasteiger partial charge < -0.3 is 5.11 Å². The molecule has 0 aliphatic rings. The fraction of sp³-hybridized carbons (Fsp3) is 0.300. The van der Waals surface area contributed by atoms with Crippen LogP contribution in [0.4, 0.5) is 0 Å². The number of aliphatic hydroxyl groups is 1. The number of aliphatic hydroxyl groups excluding tert-OH is 1. The van der Waals surface area contributed by atoms with E-state index in [4.69, 9.17) is 5.11 Å². The highest BCUT2D eigenvalue weighted by molar-refractivity contribution is 5.20. The SMILES string of the molecule is OCCCc1cnn(-c2ccncn2)c1. The van der Waals surface area contributed by atoms with Crippen molar-refractivity contribution >= 4 is 0 Å². The average molecular weight is 204 g/mol. The zero-order valence-corrected chi connectivity index (χ0v) is 8.24. The average Bonchev–Trinajstić information content (AvgIpc) is 2.76. The van der Waals surface area contributed by atoms with Crippen molar-refractivity contribution in [1.82, 2.24) is 19.7 Å². The predicted octanol–water partition coefficient (Wildman–Crippen LogP) is 0.587. The summed E-state index contributed by atoms with van der Waals surface area (Å²) in [7, 11) is 0. The van der Waals surface area contributed by atoms with E-state index in [1.54, 1.807) is 23.1 Å². The molecule has 0 aliphatic carbocycles. The Bertz CT molecular complexity index is 412. The Hall–Kier alpha value is -1.75. The number of aromatic nitrogens is 4. The third-order valence-electron chi connectivity index (χ3n) is 2.06. The van der Waals surface area contributed by atoms with Crippen LogP contribution in [-0.4, -0.2) is 31.5 Å². The van der Waals surface area contributed by atoms with E-state index in [0.717, 1.165) is 24.2 Å². The van der Waals surface area contributed by atoms with Crippen LogP contribution in [0.5, 0.6) is 0 Å². The summed E-state index contributed by atoms with van der Waals surface area (Å²) in [6.45, 7) is 0.207. The number of aryl methyl sites for hydroxylation is 1. The van der Waals surface area contributed by atoms with Gasteiger partial charge in [-0.25, -0.2) is 14.6 Å². The van der Waals surface area contributed by atoms with Crippen LogP contribution in [0.15, 0.2) is 31.0 Å². The van der Waals surface area contributed by atoms with Gasteiger partial charge in [-0.05, 0) is 18.4 Å². The molecule has 78 valence electrons. The van der Waals surface area contributed by atoms with Crippen molar-refractivity contribution in [3.8, 4) is 5.82 Å². The zero-order valence-electron chi connectivity index (χ0n) is 8.24. The van der Waals surface area contributed by atoms with Crippen molar-refractivity contribution in [3.05, 3.63) is 36.5 Å². The van der Waals surface area contributed by atoms with E-state index in [-0.39, 0.29) is 6.61 Å². The quantitative estimate of drug-likeness (QED) is 0.791. The molecule has 5 heteroatoms. The zero-order chi connectivity index (χ0) is 10.5. The lowest BCUT2D eigenvalue weighted by Crippen LogP contribution is -1.97. The van der Waals surface area contributed by atoms with Crippen LogP contribution < -0.4 is 0 Å². The normalized spacial score (nSPS) is 10.5. The highest BCUT2D eigenvalue weighted by Gasteiger charge is 2.00. The first-order chi connectivity index (χ1) is 7.40. The molecule has 2 heterocycles. The molecule has 0 atom stereocenters. The maximum atomic E-state index is 8.70. The Morgan fingerprint density at radius 3 is 3.07 bits per heavy atom. The van der Waals surface area contributed by atoms with Gasteiger partial charge in [0.1, 0.15) is 6.33 Å². The number of hydrogen-bond donors (Lipinski definition) is 1. The van der Waals surface area contributed by atoms with Crippen molar-refractivity contribution in [2.75, 3.05) is 6.61 Å². The maximum Gasteiger partial charge on any atom is 0.156 e. The van der Waals surface area contributed by atoms with Crippen LogP contribution in [0.3, 0.4) is 0 Å². The summed E-state index contributed by atoms with van der Waals surface area (Å²) in [4.78, 5) is 7.92. The number of hydrogen-bond acceptors (Lipinski definition) is 4. The van der Waals surface area contributed by atoms with Crippen molar-refractivity contribution in [2.45, 2.75) is 12.8 Å². The van der Waals surface area contributed by atoms with E-state index in [1.165, 1.54) is 6.33 Å². The Labute approximate surface area is 87.4 Å². The summed E-state index contributed by atoms with van der Waals surface area (Å²) in [5.74, 6) is 0.750. The predicted molar refractivity (Wildman–Crippen MR) is 54.6 cm³/mol. The van der Waals surface area contributed by atoms with E-state index >= 15 is 0 Å². The second kappa shape index (κ2) is 4.65. The van der Waals surface area contributed by atoms with Gasteiger partial charge in [0.05, 0.1) is 6.20 Å². The Morgan fingerprint density at radius 1 is 1.40 bits per heavy atom. The van der Waals surface area contributed by atoms with Gasteiger partial charge in [0.25, 0.3) is 0 Å². The second-order valence-electron chi connectivity index (χ2n) is 3.19. The first kappa shape index (κ1) is 9.79. The molecule has 5 nitrogen and oxygen atoms in total. The molecular formula is C10H12N4O. The van der Waals surface area contributed by atoms with Crippen molar-refractivity contribution in [2.24, 2.45) is 0 Å². The van der Waals surface area contributed by atoms with E-state index in [9.17, 15) is 0 Å². The van der Waals surface area contributed by atoms with Crippen LogP contribution in [0.2, 0.25) is 0 Å². The molecule has 2 aromatic rings. The third-order valence-corrected chi connectivity index (χ3v) is 2.06. The Balaban J connectivity index is 2.14. The van der Waals surface area contributed by atoms with Crippen molar-refractivity contribution in [1.29, 1.82) is 0 Å². The fourth-order valence-corrected chi connectivity index (χ4v) is 1.32. The minimum Gasteiger partial charge on any atom is -0.396 e. The smallest absolute Gasteiger partial charge is 0.156 e. The Kier molecular flexibility index (Phi) is 3.04. The minimum atomic E-state index is 0.207. The second-order valence-corrected chi connectivity index (χ2v) is 3.19. The first-order valence-electron chi connectivity index (χ1n) is 4.81. The van der Waals surface area contributed by atoms with E-state index < -0.39 is 0 Å². The molecule has 0 fully saturated rings. The summed E-state index contributed by atoms with van der Waals surface area (Å²) in [5, 5.41) is 12.9. The molecular weight excluding hydrogens is 192 g/mol. The molecule has 0 amide bonds. The van der Waals surface area contributed by atoms with Gasteiger partial charge in [-0.15, -0.1) is 0 Å². The maximum absolute atomic E-state index is 8.70. The number of nitrogens with zero attached hydrogens (tertiary/aromatic N) is 4. The molecule has 0 saturated heterocycles. The largest absolute Gasteiger partial charge is 0.396 e. The molecule has 0 unspecified atom stereocenters.